The molecule has 3 N–H and O–H groups in total. The molecule has 0 unspecified atom stereocenters. The SMILES string of the molecule is CC.Cc1cccc(-c2nc(N/C(=C\C=O)CNc3ccc(O)cc3)n(C)n2)c1. The molecule has 0 saturated carbocycles. The van der Waals surface area contributed by atoms with Crippen LogP contribution in [0.15, 0.2) is 60.3 Å². The average molecular weight is 393 g/mol. The van der Waals surface area contributed by atoms with E-state index in [-0.39, 0.29) is 5.75 Å². The predicted molar refractivity (Wildman–Crippen MR) is 117 cm³/mol. The molecule has 7 nitrogen and oxygen atoms in total. The third-order valence-corrected chi connectivity index (χ3v) is 3.93. The van der Waals surface area contributed by atoms with Crippen molar-refractivity contribution in [1.29, 1.82) is 0 Å². The maximum absolute atomic E-state index is 11.0. The number of nitrogens with one attached hydrogen (secondary N) is 2. The van der Waals surface area contributed by atoms with Gasteiger partial charge in [0, 0.05) is 24.0 Å². The lowest BCUT2D eigenvalue weighted by atomic mass is 10.1. The van der Waals surface area contributed by atoms with Crippen LogP contribution >= 0.6 is 0 Å². The van der Waals surface area contributed by atoms with Crippen molar-refractivity contribution in [3.05, 3.63) is 65.9 Å². The van der Waals surface area contributed by atoms with E-state index in [2.05, 4.69) is 20.7 Å². The second kappa shape index (κ2) is 10.7. The average Bonchev–Trinajstić information content (AvgIpc) is 3.09. The standard InChI is InChI=1S/C20H21N5O2.C2H6/c1-14-4-3-5-15(12-14)19-23-20(25(2)24-19)22-17(10-11-26)13-21-16-6-8-18(27)9-7-16;1-2/h3-12,21,27H,13H2,1-2H3,(H,22,23,24);1-2H3/b17-10-;. The molecule has 3 aromatic rings. The van der Waals surface area contributed by atoms with Crippen LogP contribution in [0.3, 0.4) is 0 Å². The summed E-state index contributed by atoms with van der Waals surface area (Å²) in [6.45, 7) is 6.40. The lowest BCUT2D eigenvalue weighted by Crippen LogP contribution is -2.14. The third kappa shape index (κ3) is 6.21. The highest BCUT2D eigenvalue weighted by Gasteiger charge is 2.10. The van der Waals surface area contributed by atoms with Gasteiger partial charge in [0.25, 0.3) is 0 Å². The molecule has 0 amide bonds. The van der Waals surface area contributed by atoms with Crippen molar-refractivity contribution in [2.24, 2.45) is 7.05 Å². The van der Waals surface area contributed by atoms with Gasteiger partial charge in [-0.25, -0.2) is 4.68 Å². The first-order chi connectivity index (χ1) is 14.0. The Kier molecular flexibility index (Phi) is 7.97. The van der Waals surface area contributed by atoms with E-state index in [1.807, 2.05) is 45.0 Å². The van der Waals surface area contributed by atoms with Crippen LogP contribution < -0.4 is 10.6 Å². The number of nitrogens with zero attached hydrogens (tertiary/aromatic N) is 3. The lowest BCUT2D eigenvalue weighted by molar-refractivity contribution is -0.104. The molecular formula is C22H27N5O2. The Morgan fingerprint density at radius 1 is 1.17 bits per heavy atom. The van der Waals surface area contributed by atoms with E-state index in [1.54, 1.807) is 36.0 Å². The number of hydrogen-bond donors (Lipinski definition) is 3. The van der Waals surface area contributed by atoms with Gasteiger partial charge in [0.2, 0.25) is 5.95 Å². The molecule has 29 heavy (non-hydrogen) atoms. The van der Waals surface area contributed by atoms with Crippen molar-refractivity contribution in [3.63, 3.8) is 0 Å². The number of aldehydes is 1. The zero-order chi connectivity index (χ0) is 21.2. The topological polar surface area (TPSA) is 92.1 Å². The van der Waals surface area contributed by atoms with Crippen molar-refractivity contribution in [2.45, 2.75) is 20.8 Å². The fraction of sp³-hybridized carbons (Fsp3) is 0.227. The fourth-order valence-corrected chi connectivity index (χ4v) is 2.55. The molecular weight excluding hydrogens is 366 g/mol. The Morgan fingerprint density at radius 2 is 1.90 bits per heavy atom. The van der Waals surface area contributed by atoms with E-state index in [9.17, 15) is 9.90 Å². The van der Waals surface area contributed by atoms with Crippen molar-refractivity contribution in [3.8, 4) is 17.1 Å². The van der Waals surface area contributed by atoms with Gasteiger partial charge in [-0.05, 0) is 43.3 Å². The van der Waals surface area contributed by atoms with Crippen LogP contribution in [0.25, 0.3) is 11.4 Å². The van der Waals surface area contributed by atoms with Crippen LogP contribution in [0, 0.1) is 6.92 Å². The van der Waals surface area contributed by atoms with Crippen LogP contribution in [0.2, 0.25) is 0 Å². The Bertz CT molecular complexity index is 962. The number of rotatable bonds is 7. The van der Waals surface area contributed by atoms with E-state index >= 15 is 0 Å². The zero-order valence-corrected chi connectivity index (χ0v) is 17.2. The number of carbonyl (C=O) groups excluding carboxylic acids is 1. The molecule has 1 heterocycles. The van der Waals surface area contributed by atoms with Crippen LogP contribution in [0.4, 0.5) is 11.6 Å². The maximum Gasteiger partial charge on any atom is 0.225 e. The molecule has 0 radical (unpaired) electrons. The normalized spacial score (nSPS) is 10.7. The number of allylic oxidation sites excluding steroid dienone is 1. The predicted octanol–water partition coefficient (Wildman–Crippen LogP) is 4.13. The molecule has 2 aromatic carbocycles. The summed E-state index contributed by atoms with van der Waals surface area (Å²) in [5, 5.41) is 20.1. The second-order valence-corrected chi connectivity index (χ2v) is 6.11. The first kappa shape index (κ1) is 21.7. The van der Waals surface area contributed by atoms with Crippen molar-refractivity contribution >= 4 is 17.9 Å². The molecule has 0 aliphatic carbocycles. The molecule has 0 bridgehead atoms. The smallest absolute Gasteiger partial charge is 0.225 e. The Labute approximate surface area is 171 Å². The zero-order valence-electron chi connectivity index (χ0n) is 17.2. The van der Waals surface area contributed by atoms with Gasteiger partial charge in [0.05, 0.1) is 6.54 Å². The quantitative estimate of drug-likeness (QED) is 0.318. The van der Waals surface area contributed by atoms with E-state index in [1.165, 1.54) is 6.08 Å². The number of benzene rings is 2. The number of phenolic OH excluding ortho intramolecular Hbond substituents is 1. The van der Waals surface area contributed by atoms with Crippen molar-refractivity contribution < 1.29 is 9.90 Å². The van der Waals surface area contributed by atoms with Crippen molar-refractivity contribution in [1.82, 2.24) is 14.8 Å². The summed E-state index contributed by atoms with van der Waals surface area (Å²) in [4.78, 5) is 15.5. The van der Waals surface area contributed by atoms with Gasteiger partial charge in [-0.1, -0.05) is 37.6 Å². The summed E-state index contributed by atoms with van der Waals surface area (Å²) in [5.74, 6) is 1.35. The van der Waals surface area contributed by atoms with Gasteiger partial charge in [0.1, 0.15) is 12.0 Å². The summed E-state index contributed by atoms with van der Waals surface area (Å²) in [5.41, 5.74) is 3.53. The summed E-state index contributed by atoms with van der Waals surface area (Å²) in [7, 11) is 1.79. The van der Waals surface area contributed by atoms with E-state index < -0.39 is 0 Å². The first-order valence-electron chi connectivity index (χ1n) is 9.47. The highest BCUT2D eigenvalue weighted by atomic mass is 16.3. The third-order valence-electron chi connectivity index (χ3n) is 3.93. The summed E-state index contributed by atoms with van der Waals surface area (Å²) < 4.78 is 1.64. The number of phenols is 1. The fourth-order valence-electron chi connectivity index (χ4n) is 2.55. The number of anilines is 2. The largest absolute Gasteiger partial charge is 0.508 e. The Hall–Kier alpha value is -3.61. The van der Waals surface area contributed by atoms with Gasteiger partial charge < -0.3 is 15.7 Å². The number of hydrogen-bond acceptors (Lipinski definition) is 6. The highest BCUT2D eigenvalue weighted by Crippen LogP contribution is 2.19. The molecule has 0 atom stereocenters. The van der Waals surface area contributed by atoms with Gasteiger partial charge >= 0.3 is 0 Å². The molecule has 1 aromatic heterocycles. The number of aromatic nitrogens is 3. The molecule has 3 rings (SSSR count). The lowest BCUT2D eigenvalue weighted by Gasteiger charge is -2.11. The van der Waals surface area contributed by atoms with E-state index in [0.29, 0.717) is 24.0 Å². The summed E-state index contributed by atoms with van der Waals surface area (Å²) in [6, 6.07) is 14.7. The maximum atomic E-state index is 11.0. The molecule has 0 saturated heterocycles. The molecule has 0 spiro atoms. The number of carbonyl (C=O) groups is 1. The van der Waals surface area contributed by atoms with Crippen LogP contribution in [-0.2, 0) is 11.8 Å². The van der Waals surface area contributed by atoms with Gasteiger partial charge in [-0.3, -0.25) is 4.79 Å². The van der Waals surface area contributed by atoms with Gasteiger partial charge in [0.15, 0.2) is 5.82 Å². The van der Waals surface area contributed by atoms with E-state index in [0.717, 1.165) is 23.1 Å². The minimum atomic E-state index is 0.199. The number of aromatic hydroxyl groups is 1. The first-order valence-corrected chi connectivity index (χ1v) is 9.47. The minimum Gasteiger partial charge on any atom is -0.508 e. The van der Waals surface area contributed by atoms with E-state index in [4.69, 9.17) is 0 Å². The van der Waals surface area contributed by atoms with Crippen LogP contribution in [-0.4, -0.2) is 32.7 Å². The molecule has 0 aliphatic rings. The van der Waals surface area contributed by atoms with Crippen LogP contribution in [0.5, 0.6) is 5.75 Å². The van der Waals surface area contributed by atoms with Gasteiger partial charge in [-0.2, -0.15) is 4.98 Å². The monoisotopic (exact) mass is 393 g/mol. The Morgan fingerprint density at radius 3 is 2.55 bits per heavy atom. The summed E-state index contributed by atoms with van der Waals surface area (Å²) >= 11 is 0. The molecule has 152 valence electrons. The van der Waals surface area contributed by atoms with Crippen molar-refractivity contribution in [2.75, 3.05) is 17.2 Å². The minimum absolute atomic E-state index is 0.199. The van der Waals surface area contributed by atoms with Gasteiger partial charge in [-0.15, -0.1) is 5.10 Å². The summed E-state index contributed by atoms with van der Waals surface area (Å²) in [6.07, 6.45) is 2.16. The number of aryl methyl sites for hydroxylation is 2. The highest BCUT2D eigenvalue weighted by molar-refractivity contribution is 5.68. The molecule has 7 heteroatoms. The molecule has 0 fully saturated rings. The Balaban J connectivity index is 0.00000145. The van der Waals surface area contributed by atoms with Crippen LogP contribution in [0.1, 0.15) is 19.4 Å². The second-order valence-electron chi connectivity index (χ2n) is 6.11. The molecule has 0 aliphatic heterocycles.